The first-order valence-electron chi connectivity index (χ1n) is 5.73. The standard InChI is InChI=1S/C15H14FNO/c1-9-4-12(8-14(16)5-9)15(18)13-6-10(2)17-11(3)7-13/h4-8H,1-3H3. The Kier molecular flexibility index (Phi) is 3.24. The maximum atomic E-state index is 13.3. The minimum atomic E-state index is -0.388. The van der Waals surface area contributed by atoms with Crippen LogP contribution < -0.4 is 0 Å². The number of rotatable bonds is 2. The van der Waals surface area contributed by atoms with E-state index < -0.39 is 0 Å². The molecule has 1 aromatic heterocycles. The van der Waals surface area contributed by atoms with Crippen molar-refractivity contribution in [2.45, 2.75) is 20.8 Å². The third-order valence-corrected chi connectivity index (χ3v) is 2.65. The molecule has 0 saturated carbocycles. The number of halogens is 1. The summed E-state index contributed by atoms with van der Waals surface area (Å²) < 4.78 is 13.3. The van der Waals surface area contributed by atoms with Gasteiger partial charge in [-0.3, -0.25) is 9.78 Å². The molecule has 92 valence electrons. The van der Waals surface area contributed by atoms with Crippen molar-refractivity contribution in [3.05, 3.63) is 64.2 Å². The SMILES string of the molecule is Cc1cc(F)cc(C(=O)c2cc(C)nc(C)c2)c1. The van der Waals surface area contributed by atoms with Crippen LogP contribution in [-0.2, 0) is 0 Å². The van der Waals surface area contributed by atoms with E-state index in [2.05, 4.69) is 4.98 Å². The Hall–Kier alpha value is -2.03. The molecule has 1 aromatic carbocycles. The summed E-state index contributed by atoms with van der Waals surface area (Å²) in [5.74, 6) is -0.563. The molecule has 2 rings (SSSR count). The zero-order valence-electron chi connectivity index (χ0n) is 10.6. The predicted molar refractivity (Wildman–Crippen MR) is 68.3 cm³/mol. The number of carbonyl (C=O) groups excluding carboxylic acids is 1. The molecule has 0 saturated heterocycles. The van der Waals surface area contributed by atoms with Crippen molar-refractivity contribution in [1.82, 2.24) is 4.98 Å². The van der Waals surface area contributed by atoms with Gasteiger partial charge >= 0.3 is 0 Å². The molecule has 0 bridgehead atoms. The Morgan fingerprint density at radius 2 is 1.50 bits per heavy atom. The van der Waals surface area contributed by atoms with Gasteiger partial charge in [-0.1, -0.05) is 0 Å². The summed E-state index contributed by atoms with van der Waals surface area (Å²) in [5, 5.41) is 0. The van der Waals surface area contributed by atoms with Crippen molar-refractivity contribution in [3.8, 4) is 0 Å². The molecule has 0 amide bonds. The highest BCUT2D eigenvalue weighted by Gasteiger charge is 2.12. The third-order valence-electron chi connectivity index (χ3n) is 2.65. The maximum absolute atomic E-state index is 13.3. The number of pyridine rings is 1. The number of hydrogen-bond acceptors (Lipinski definition) is 2. The van der Waals surface area contributed by atoms with E-state index in [1.807, 2.05) is 13.8 Å². The molecule has 0 aliphatic heterocycles. The van der Waals surface area contributed by atoms with E-state index >= 15 is 0 Å². The fraction of sp³-hybridized carbons (Fsp3) is 0.200. The van der Waals surface area contributed by atoms with Gasteiger partial charge in [-0.15, -0.1) is 0 Å². The van der Waals surface area contributed by atoms with Gasteiger partial charge in [0.1, 0.15) is 5.82 Å². The summed E-state index contributed by atoms with van der Waals surface area (Å²) in [6.07, 6.45) is 0. The minimum Gasteiger partial charge on any atom is -0.289 e. The molecule has 1 heterocycles. The lowest BCUT2D eigenvalue weighted by Crippen LogP contribution is -2.04. The smallest absolute Gasteiger partial charge is 0.193 e. The Morgan fingerprint density at radius 3 is 2.06 bits per heavy atom. The number of hydrogen-bond donors (Lipinski definition) is 0. The highest BCUT2D eigenvalue weighted by molar-refractivity contribution is 6.09. The lowest BCUT2D eigenvalue weighted by molar-refractivity contribution is 0.103. The molecular weight excluding hydrogens is 229 g/mol. The van der Waals surface area contributed by atoms with E-state index in [4.69, 9.17) is 0 Å². The Labute approximate surface area is 105 Å². The van der Waals surface area contributed by atoms with Crippen LogP contribution in [0.3, 0.4) is 0 Å². The second kappa shape index (κ2) is 4.69. The fourth-order valence-corrected chi connectivity index (χ4v) is 2.00. The minimum absolute atomic E-state index is 0.175. The first kappa shape index (κ1) is 12.4. The van der Waals surface area contributed by atoms with Crippen LogP contribution in [0, 0.1) is 26.6 Å². The van der Waals surface area contributed by atoms with Crippen molar-refractivity contribution in [2.24, 2.45) is 0 Å². The van der Waals surface area contributed by atoms with Crippen LogP contribution in [0.4, 0.5) is 4.39 Å². The Morgan fingerprint density at radius 1 is 0.944 bits per heavy atom. The van der Waals surface area contributed by atoms with E-state index in [-0.39, 0.29) is 11.6 Å². The second-order valence-electron chi connectivity index (χ2n) is 4.48. The van der Waals surface area contributed by atoms with Gasteiger partial charge < -0.3 is 0 Å². The van der Waals surface area contributed by atoms with Crippen LogP contribution in [0.5, 0.6) is 0 Å². The third kappa shape index (κ3) is 2.62. The summed E-state index contributed by atoms with van der Waals surface area (Å²) in [7, 11) is 0. The molecular formula is C15H14FNO. The molecule has 0 aliphatic carbocycles. The number of carbonyl (C=O) groups is 1. The van der Waals surface area contributed by atoms with E-state index in [0.717, 1.165) is 17.0 Å². The lowest BCUT2D eigenvalue weighted by atomic mass is 10.0. The summed E-state index contributed by atoms with van der Waals surface area (Å²) in [4.78, 5) is 16.5. The zero-order valence-corrected chi connectivity index (χ0v) is 10.6. The zero-order chi connectivity index (χ0) is 13.3. The summed E-state index contributed by atoms with van der Waals surface area (Å²) >= 11 is 0. The number of aryl methyl sites for hydroxylation is 3. The van der Waals surface area contributed by atoms with Crippen LogP contribution in [0.1, 0.15) is 32.9 Å². The molecule has 3 heteroatoms. The van der Waals surface area contributed by atoms with E-state index in [9.17, 15) is 9.18 Å². The Balaban J connectivity index is 2.47. The van der Waals surface area contributed by atoms with Gasteiger partial charge in [0.05, 0.1) is 0 Å². The summed E-state index contributed by atoms with van der Waals surface area (Å²) in [5.41, 5.74) is 3.22. The van der Waals surface area contributed by atoms with Gasteiger partial charge in [0.2, 0.25) is 0 Å². The number of benzene rings is 1. The fourth-order valence-electron chi connectivity index (χ4n) is 2.00. The van der Waals surface area contributed by atoms with Gasteiger partial charge in [0.15, 0.2) is 5.78 Å². The van der Waals surface area contributed by atoms with Crippen LogP contribution in [0.15, 0.2) is 30.3 Å². The first-order valence-corrected chi connectivity index (χ1v) is 5.73. The largest absolute Gasteiger partial charge is 0.289 e. The van der Waals surface area contributed by atoms with Gasteiger partial charge in [0, 0.05) is 22.5 Å². The van der Waals surface area contributed by atoms with Crippen LogP contribution in [0.2, 0.25) is 0 Å². The normalized spacial score (nSPS) is 10.4. The topological polar surface area (TPSA) is 30.0 Å². The average Bonchev–Trinajstić information content (AvgIpc) is 2.25. The van der Waals surface area contributed by atoms with Crippen molar-refractivity contribution in [2.75, 3.05) is 0 Å². The van der Waals surface area contributed by atoms with Gasteiger partial charge in [-0.25, -0.2) is 4.39 Å². The highest BCUT2D eigenvalue weighted by Crippen LogP contribution is 2.15. The van der Waals surface area contributed by atoms with Crippen molar-refractivity contribution >= 4 is 5.78 Å². The second-order valence-corrected chi connectivity index (χ2v) is 4.48. The van der Waals surface area contributed by atoms with Crippen LogP contribution in [0.25, 0.3) is 0 Å². The molecule has 2 nitrogen and oxygen atoms in total. The molecule has 18 heavy (non-hydrogen) atoms. The van der Waals surface area contributed by atoms with E-state index in [0.29, 0.717) is 11.1 Å². The van der Waals surface area contributed by atoms with Crippen LogP contribution >= 0.6 is 0 Å². The van der Waals surface area contributed by atoms with Crippen molar-refractivity contribution < 1.29 is 9.18 Å². The predicted octanol–water partition coefficient (Wildman–Crippen LogP) is 3.38. The number of ketones is 1. The van der Waals surface area contributed by atoms with Crippen LogP contribution in [-0.4, -0.2) is 10.8 Å². The van der Waals surface area contributed by atoms with Gasteiger partial charge in [-0.05, 0) is 56.7 Å². The monoisotopic (exact) mass is 243 g/mol. The lowest BCUT2D eigenvalue weighted by Gasteiger charge is -2.05. The quantitative estimate of drug-likeness (QED) is 0.757. The molecule has 0 radical (unpaired) electrons. The van der Waals surface area contributed by atoms with Gasteiger partial charge in [0.25, 0.3) is 0 Å². The summed E-state index contributed by atoms with van der Waals surface area (Å²) in [6, 6.07) is 7.79. The molecule has 0 atom stereocenters. The van der Waals surface area contributed by atoms with E-state index in [1.165, 1.54) is 12.1 Å². The maximum Gasteiger partial charge on any atom is 0.193 e. The van der Waals surface area contributed by atoms with E-state index in [1.54, 1.807) is 25.1 Å². The number of nitrogens with zero attached hydrogens (tertiary/aromatic N) is 1. The van der Waals surface area contributed by atoms with Crippen molar-refractivity contribution in [1.29, 1.82) is 0 Å². The average molecular weight is 243 g/mol. The molecule has 2 aromatic rings. The highest BCUT2D eigenvalue weighted by atomic mass is 19.1. The molecule has 0 unspecified atom stereocenters. The molecule has 0 N–H and O–H groups in total. The number of aromatic nitrogens is 1. The first-order chi connectivity index (χ1) is 8.45. The molecule has 0 fully saturated rings. The summed E-state index contributed by atoms with van der Waals surface area (Å²) in [6.45, 7) is 5.43. The van der Waals surface area contributed by atoms with Crippen molar-refractivity contribution in [3.63, 3.8) is 0 Å². The van der Waals surface area contributed by atoms with Gasteiger partial charge in [-0.2, -0.15) is 0 Å². The Bertz CT molecular complexity index is 526. The molecule has 0 spiro atoms. The molecule has 0 aliphatic rings.